The summed E-state index contributed by atoms with van der Waals surface area (Å²) in [5.41, 5.74) is 7.21. The van der Waals surface area contributed by atoms with Crippen molar-refractivity contribution in [1.82, 2.24) is 4.90 Å². The molecule has 0 bridgehead atoms. The van der Waals surface area contributed by atoms with Gasteiger partial charge < -0.3 is 4.90 Å². The molecule has 0 saturated heterocycles. The Bertz CT molecular complexity index is 646. The van der Waals surface area contributed by atoms with Crippen molar-refractivity contribution in [3.8, 4) is 0 Å². The monoisotopic (exact) mass is 305 g/mol. The molecule has 3 rings (SSSR count). The zero-order valence-corrected chi connectivity index (χ0v) is 14.4. The van der Waals surface area contributed by atoms with Gasteiger partial charge in [-0.2, -0.15) is 0 Å². The van der Waals surface area contributed by atoms with Crippen molar-refractivity contribution in [2.75, 3.05) is 13.6 Å². The van der Waals surface area contributed by atoms with Crippen molar-refractivity contribution in [2.45, 2.75) is 26.3 Å². The Morgan fingerprint density at radius 2 is 1.61 bits per heavy atom. The fourth-order valence-corrected chi connectivity index (χ4v) is 2.80. The van der Waals surface area contributed by atoms with Gasteiger partial charge in [0, 0.05) is 13.1 Å². The lowest BCUT2D eigenvalue weighted by atomic mass is 9.95. The average molecular weight is 305 g/mol. The summed E-state index contributed by atoms with van der Waals surface area (Å²) in [6, 6.07) is 15.9. The molecule has 120 valence electrons. The molecule has 1 nitrogen and oxygen atoms in total. The summed E-state index contributed by atoms with van der Waals surface area (Å²) >= 11 is 0. The molecule has 0 fully saturated rings. The van der Waals surface area contributed by atoms with Crippen LogP contribution >= 0.6 is 0 Å². The van der Waals surface area contributed by atoms with Crippen molar-refractivity contribution < 1.29 is 0 Å². The number of hydrogen-bond acceptors (Lipinski definition) is 1. The SMILES string of the molecule is C=CC=C.Cc1ccc(Cc2ccc3c(c2)CCN(C)C3)cc1. The van der Waals surface area contributed by atoms with Crippen LogP contribution < -0.4 is 0 Å². The highest BCUT2D eigenvalue weighted by atomic mass is 15.1. The molecule has 0 spiro atoms. The molecule has 1 aliphatic rings. The Labute approximate surface area is 141 Å². The molecule has 0 aliphatic carbocycles. The quantitative estimate of drug-likeness (QED) is 0.727. The molecule has 0 atom stereocenters. The predicted molar refractivity (Wildman–Crippen MR) is 101 cm³/mol. The van der Waals surface area contributed by atoms with Gasteiger partial charge in [-0.05, 0) is 49.1 Å². The zero-order valence-electron chi connectivity index (χ0n) is 14.4. The molecular formula is C22H27N. The molecule has 0 radical (unpaired) electrons. The van der Waals surface area contributed by atoms with Crippen molar-refractivity contribution in [2.24, 2.45) is 0 Å². The minimum atomic E-state index is 1.05. The highest BCUT2D eigenvalue weighted by Gasteiger charge is 2.13. The summed E-state index contributed by atoms with van der Waals surface area (Å²) in [4.78, 5) is 2.39. The number of benzene rings is 2. The third-order valence-corrected chi connectivity index (χ3v) is 4.17. The van der Waals surface area contributed by atoms with E-state index in [4.69, 9.17) is 0 Å². The number of rotatable bonds is 3. The highest BCUT2D eigenvalue weighted by molar-refractivity contribution is 5.36. The van der Waals surface area contributed by atoms with Gasteiger partial charge in [-0.25, -0.2) is 0 Å². The Hall–Kier alpha value is -2.12. The molecule has 23 heavy (non-hydrogen) atoms. The van der Waals surface area contributed by atoms with Gasteiger partial charge in [-0.3, -0.25) is 0 Å². The second-order valence-electron chi connectivity index (χ2n) is 6.22. The van der Waals surface area contributed by atoms with E-state index in [-0.39, 0.29) is 0 Å². The fourth-order valence-electron chi connectivity index (χ4n) is 2.80. The van der Waals surface area contributed by atoms with Crippen LogP contribution in [-0.2, 0) is 19.4 Å². The summed E-state index contributed by atoms with van der Waals surface area (Å²) < 4.78 is 0. The van der Waals surface area contributed by atoms with Crippen LogP contribution in [0.1, 0.15) is 27.8 Å². The predicted octanol–water partition coefficient (Wildman–Crippen LogP) is 4.93. The summed E-state index contributed by atoms with van der Waals surface area (Å²) in [5.74, 6) is 0. The first-order valence-corrected chi connectivity index (χ1v) is 8.20. The molecule has 2 aromatic rings. The number of likely N-dealkylation sites (N-methyl/N-ethyl adjacent to an activating group) is 1. The van der Waals surface area contributed by atoms with Gasteiger partial charge in [0.25, 0.3) is 0 Å². The maximum atomic E-state index is 3.36. The first-order valence-electron chi connectivity index (χ1n) is 8.20. The molecule has 0 unspecified atom stereocenters. The zero-order chi connectivity index (χ0) is 16.7. The third kappa shape index (κ3) is 5.22. The Balaban J connectivity index is 0.000000433. The molecule has 2 aromatic carbocycles. The number of allylic oxidation sites excluding steroid dienone is 2. The van der Waals surface area contributed by atoms with E-state index in [2.05, 4.69) is 74.5 Å². The van der Waals surface area contributed by atoms with Gasteiger partial charge in [-0.15, -0.1) is 0 Å². The van der Waals surface area contributed by atoms with E-state index in [0.29, 0.717) is 0 Å². The lowest BCUT2D eigenvalue weighted by Gasteiger charge is -2.25. The van der Waals surface area contributed by atoms with Crippen molar-refractivity contribution >= 4 is 0 Å². The number of aryl methyl sites for hydroxylation is 1. The number of fused-ring (bicyclic) bond motifs is 1. The van der Waals surface area contributed by atoms with Crippen LogP contribution in [0.15, 0.2) is 67.8 Å². The summed E-state index contributed by atoms with van der Waals surface area (Å²) in [5, 5.41) is 0. The molecule has 1 aliphatic heterocycles. The summed E-state index contributed by atoms with van der Waals surface area (Å²) in [6.07, 6.45) is 5.51. The lowest BCUT2D eigenvalue weighted by Crippen LogP contribution is -2.26. The molecule has 0 amide bonds. The lowest BCUT2D eigenvalue weighted by molar-refractivity contribution is 0.313. The maximum absolute atomic E-state index is 3.36. The second kappa shape index (κ2) is 8.50. The van der Waals surface area contributed by atoms with Crippen LogP contribution in [0, 0.1) is 6.92 Å². The van der Waals surface area contributed by atoms with E-state index in [1.807, 2.05) is 0 Å². The Kier molecular flexibility index (Phi) is 6.37. The van der Waals surface area contributed by atoms with Crippen LogP contribution in [0.5, 0.6) is 0 Å². The minimum Gasteiger partial charge on any atom is -0.302 e. The average Bonchev–Trinajstić information content (AvgIpc) is 2.57. The van der Waals surface area contributed by atoms with E-state index in [9.17, 15) is 0 Å². The third-order valence-electron chi connectivity index (χ3n) is 4.17. The van der Waals surface area contributed by atoms with Gasteiger partial charge >= 0.3 is 0 Å². The first-order chi connectivity index (χ1) is 11.1. The van der Waals surface area contributed by atoms with E-state index in [1.165, 1.54) is 35.2 Å². The highest BCUT2D eigenvalue weighted by Crippen LogP contribution is 2.21. The van der Waals surface area contributed by atoms with Crippen LogP contribution in [0.25, 0.3) is 0 Å². The molecule has 0 aromatic heterocycles. The van der Waals surface area contributed by atoms with E-state index >= 15 is 0 Å². The van der Waals surface area contributed by atoms with Crippen LogP contribution in [0.2, 0.25) is 0 Å². The van der Waals surface area contributed by atoms with Crippen molar-refractivity contribution in [1.29, 1.82) is 0 Å². The summed E-state index contributed by atoms with van der Waals surface area (Å²) in [6.45, 7) is 11.1. The minimum absolute atomic E-state index is 1.05. The number of hydrogen-bond donors (Lipinski definition) is 0. The van der Waals surface area contributed by atoms with Crippen LogP contribution in [-0.4, -0.2) is 18.5 Å². The Morgan fingerprint density at radius 3 is 2.26 bits per heavy atom. The molecule has 1 heterocycles. The maximum Gasteiger partial charge on any atom is 0.0233 e. The van der Waals surface area contributed by atoms with Gasteiger partial charge in [0.2, 0.25) is 0 Å². The van der Waals surface area contributed by atoms with Gasteiger partial charge in [0.05, 0.1) is 0 Å². The fraction of sp³-hybridized carbons (Fsp3) is 0.273. The molecule has 0 N–H and O–H groups in total. The second-order valence-corrected chi connectivity index (χ2v) is 6.22. The normalized spacial score (nSPS) is 13.5. The Morgan fingerprint density at radius 1 is 0.957 bits per heavy atom. The van der Waals surface area contributed by atoms with E-state index in [1.54, 1.807) is 17.7 Å². The number of nitrogens with zero attached hydrogens (tertiary/aromatic N) is 1. The van der Waals surface area contributed by atoms with Gasteiger partial charge in [-0.1, -0.05) is 73.3 Å². The van der Waals surface area contributed by atoms with E-state index in [0.717, 1.165) is 13.0 Å². The molecular weight excluding hydrogens is 278 g/mol. The topological polar surface area (TPSA) is 3.24 Å². The molecule has 0 saturated carbocycles. The smallest absolute Gasteiger partial charge is 0.0233 e. The van der Waals surface area contributed by atoms with Crippen LogP contribution in [0.4, 0.5) is 0 Å². The van der Waals surface area contributed by atoms with Crippen molar-refractivity contribution in [3.63, 3.8) is 0 Å². The van der Waals surface area contributed by atoms with Gasteiger partial charge in [0.1, 0.15) is 0 Å². The van der Waals surface area contributed by atoms with Gasteiger partial charge in [0.15, 0.2) is 0 Å². The summed E-state index contributed by atoms with van der Waals surface area (Å²) in [7, 11) is 2.20. The molecule has 1 heteroatoms. The standard InChI is InChI=1S/C18H21N.C4H6/c1-14-3-5-15(6-4-14)11-16-7-8-18-13-19(2)10-9-17(18)12-16;1-3-4-2/h3-8,12H,9-11,13H2,1-2H3;3-4H,1-2H2. The van der Waals surface area contributed by atoms with Crippen molar-refractivity contribution in [3.05, 3.63) is 95.6 Å². The van der Waals surface area contributed by atoms with E-state index < -0.39 is 0 Å². The largest absolute Gasteiger partial charge is 0.302 e. The first kappa shape index (κ1) is 17.2. The van der Waals surface area contributed by atoms with Crippen LogP contribution in [0.3, 0.4) is 0 Å².